The van der Waals surface area contributed by atoms with Crippen molar-refractivity contribution in [1.29, 1.82) is 0 Å². The molecule has 1 unspecified atom stereocenters. The van der Waals surface area contributed by atoms with Crippen molar-refractivity contribution in [3.63, 3.8) is 0 Å². The fourth-order valence-corrected chi connectivity index (χ4v) is 4.02. The molecule has 0 aromatic carbocycles. The summed E-state index contributed by atoms with van der Waals surface area (Å²) in [6, 6.07) is 1.97. The number of nitrogens with zero attached hydrogens (tertiary/aromatic N) is 3. The number of halogens is 2. The molecule has 25 heavy (non-hydrogen) atoms. The van der Waals surface area contributed by atoms with E-state index in [4.69, 9.17) is 0 Å². The van der Waals surface area contributed by atoms with Crippen LogP contribution in [0.4, 0.5) is 0 Å². The van der Waals surface area contributed by atoms with Gasteiger partial charge in [-0.25, -0.2) is 0 Å². The molecule has 0 bridgehead atoms. The van der Waals surface area contributed by atoms with Gasteiger partial charge in [-0.15, -0.1) is 24.8 Å². The van der Waals surface area contributed by atoms with Gasteiger partial charge >= 0.3 is 0 Å². The monoisotopic (exact) mass is 390 g/mol. The first-order valence-electron chi connectivity index (χ1n) is 9.18. The second kappa shape index (κ2) is 11.0. The molecule has 0 radical (unpaired) electrons. The van der Waals surface area contributed by atoms with Gasteiger partial charge in [-0.1, -0.05) is 6.92 Å². The first-order valence-corrected chi connectivity index (χ1v) is 9.18. The van der Waals surface area contributed by atoms with E-state index in [0.29, 0.717) is 17.7 Å². The molecule has 0 spiro atoms. The van der Waals surface area contributed by atoms with E-state index < -0.39 is 0 Å². The molecular formula is C18H32Cl2N4O. The van der Waals surface area contributed by atoms with E-state index in [1.807, 2.05) is 23.1 Å². The predicted molar refractivity (Wildman–Crippen MR) is 105 cm³/mol. The SMILES string of the molecule is CC(CC(=O)N1CCC(Cn2cccn2)CC1)C1CCNCC1.Cl.Cl. The molecule has 2 saturated heterocycles. The summed E-state index contributed by atoms with van der Waals surface area (Å²) in [5.74, 6) is 2.26. The van der Waals surface area contributed by atoms with Gasteiger partial charge in [0.15, 0.2) is 0 Å². The average Bonchev–Trinajstić information content (AvgIpc) is 3.09. The summed E-state index contributed by atoms with van der Waals surface area (Å²) < 4.78 is 2.02. The fourth-order valence-electron chi connectivity index (χ4n) is 4.02. The van der Waals surface area contributed by atoms with Crippen LogP contribution in [0.15, 0.2) is 18.5 Å². The minimum absolute atomic E-state index is 0. The van der Waals surface area contributed by atoms with E-state index in [1.54, 1.807) is 0 Å². The zero-order valence-corrected chi connectivity index (χ0v) is 16.7. The highest BCUT2D eigenvalue weighted by atomic mass is 35.5. The minimum atomic E-state index is 0. The molecule has 2 aliphatic rings. The Hall–Kier alpha value is -0.780. The van der Waals surface area contributed by atoms with Gasteiger partial charge in [0, 0.05) is 38.4 Å². The van der Waals surface area contributed by atoms with Crippen LogP contribution in [0.2, 0.25) is 0 Å². The molecule has 144 valence electrons. The average molecular weight is 391 g/mol. The molecule has 3 heterocycles. The molecular weight excluding hydrogens is 359 g/mol. The van der Waals surface area contributed by atoms with Crippen LogP contribution in [0.25, 0.3) is 0 Å². The van der Waals surface area contributed by atoms with E-state index in [1.165, 1.54) is 12.8 Å². The number of nitrogens with one attached hydrogen (secondary N) is 1. The second-order valence-corrected chi connectivity index (χ2v) is 7.32. The molecule has 1 amide bonds. The van der Waals surface area contributed by atoms with Gasteiger partial charge in [-0.05, 0) is 62.6 Å². The van der Waals surface area contributed by atoms with E-state index in [9.17, 15) is 4.79 Å². The maximum Gasteiger partial charge on any atom is 0.222 e. The number of piperidine rings is 2. The fraction of sp³-hybridized carbons (Fsp3) is 0.778. The Morgan fingerprint density at radius 3 is 2.48 bits per heavy atom. The molecule has 2 fully saturated rings. The van der Waals surface area contributed by atoms with Crippen LogP contribution in [-0.4, -0.2) is 46.8 Å². The van der Waals surface area contributed by atoms with Crippen molar-refractivity contribution in [2.75, 3.05) is 26.2 Å². The van der Waals surface area contributed by atoms with Crippen molar-refractivity contribution in [2.24, 2.45) is 17.8 Å². The summed E-state index contributed by atoms with van der Waals surface area (Å²) in [6.07, 6.45) is 9.25. The molecule has 1 aromatic heterocycles. The molecule has 3 rings (SSSR count). The van der Waals surface area contributed by atoms with E-state index in [-0.39, 0.29) is 24.8 Å². The van der Waals surface area contributed by atoms with Crippen molar-refractivity contribution in [2.45, 2.75) is 45.6 Å². The summed E-state index contributed by atoms with van der Waals surface area (Å²) in [6.45, 7) is 7.32. The van der Waals surface area contributed by atoms with Crippen molar-refractivity contribution in [3.05, 3.63) is 18.5 Å². The van der Waals surface area contributed by atoms with Crippen LogP contribution in [0.1, 0.15) is 39.0 Å². The Bertz CT molecular complexity index is 483. The van der Waals surface area contributed by atoms with Crippen LogP contribution in [0.3, 0.4) is 0 Å². The first-order chi connectivity index (χ1) is 11.2. The predicted octanol–water partition coefficient (Wildman–Crippen LogP) is 2.99. The molecule has 1 N–H and O–H groups in total. The van der Waals surface area contributed by atoms with E-state index >= 15 is 0 Å². The number of carbonyl (C=O) groups excluding carboxylic acids is 1. The molecule has 1 aromatic rings. The molecule has 2 aliphatic heterocycles. The van der Waals surface area contributed by atoms with Crippen LogP contribution < -0.4 is 5.32 Å². The van der Waals surface area contributed by atoms with E-state index in [0.717, 1.165) is 57.9 Å². The number of carbonyl (C=O) groups is 1. The first kappa shape index (κ1) is 22.3. The van der Waals surface area contributed by atoms with Crippen LogP contribution in [0.5, 0.6) is 0 Å². The summed E-state index contributed by atoms with van der Waals surface area (Å²) in [7, 11) is 0. The van der Waals surface area contributed by atoms with Crippen molar-refractivity contribution < 1.29 is 4.79 Å². The number of likely N-dealkylation sites (tertiary alicyclic amines) is 1. The number of aromatic nitrogens is 2. The minimum Gasteiger partial charge on any atom is -0.343 e. The lowest BCUT2D eigenvalue weighted by Crippen LogP contribution is -2.41. The maximum absolute atomic E-state index is 12.6. The molecule has 5 nitrogen and oxygen atoms in total. The summed E-state index contributed by atoms with van der Waals surface area (Å²) >= 11 is 0. The molecule has 0 aliphatic carbocycles. The normalized spacial score (nSPS) is 20.4. The van der Waals surface area contributed by atoms with Gasteiger partial charge in [0.05, 0.1) is 0 Å². The lowest BCUT2D eigenvalue weighted by molar-refractivity contribution is -0.134. The smallest absolute Gasteiger partial charge is 0.222 e. The zero-order chi connectivity index (χ0) is 16.1. The number of rotatable bonds is 5. The number of amides is 1. The number of hydrogen-bond donors (Lipinski definition) is 1. The zero-order valence-electron chi connectivity index (χ0n) is 15.1. The highest BCUT2D eigenvalue weighted by Gasteiger charge is 2.27. The van der Waals surface area contributed by atoms with Crippen molar-refractivity contribution >= 4 is 30.7 Å². The quantitative estimate of drug-likeness (QED) is 0.840. The summed E-state index contributed by atoms with van der Waals surface area (Å²) in [5.41, 5.74) is 0. The molecule has 1 atom stereocenters. The summed E-state index contributed by atoms with van der Waals surface area (Å²) in [5, 5.41) is 7.69. The van der Waals surface area contributed by atoms with Gasteiger partial charge in [-0.2, -0.15) is 5.10 Å². The van der Waals surface area contributed by atoms with Gasteiger partial charge in [-0.3, -0.25) is 9.48 Å². The molecule has 0 saturated carbocycles. The number of hydrogen-bond acceptors (Lipinski definition) is 3. The Labute approximate surface area is 163 Å². The second-order valence-electron chi connectivity index (χ2n) is 7.32. The third kappa shape index (κ3) is 6.46. The summed E-state index contributed by atoms with van der Waals surface area (Å²) in [4.78, 5) is 14.7. The van der Waals surface area contributed by atoms with Gasteiger partial charge in [0.2, 0.25) is 5.91 Å². The van der Waals surface area contributed by atoms with Crippen LogP contribution in [0, 0.1) is 17.8 Å². The van der Waals surface area contributed by atoms with Crippen LogP contribution in [-0.2, 0) is 11.3 Å². The van der Waals surface area contributed by atoms with Gasteiger partial charge in [0.1, 0.15) is 0 Å². The Morgan fingerprint density at radius 2 is 1.88 bits per heavy atom. The lowest BCUT2D eigenvalue weighted by atomic mass is 9.83. The third-order valence-corrected chi connectivity index (χ3v) is 5.66. The standard InChI is InChI=1S/C18H30N4O.2ClH/c1-15(17-3-8-19-9-4-17)13-18(23)21-11-5-16(6-12-21)14-22-10-2-7-20-22;;/h2,7,10,15-17,19H,3-6,8-9,11-14H2,1H3;2*1H. The Kier molecular flexibility index (Phi) is 9.83. The van der Waals surface area contributed by atoms with Crippen molar-refractivity contribution in [1.82, 2.24) is 20.0 Å². The van der Waals surface area contributed by atoms with Crippen LogP contribution >= 0.6 is 24.8 Å². The maximum atomic E-state index is 12.6. The Morgan fingerprint density at radius 1 is 1.20 bits per heavy atom. The highest BCUT2D eigenvalue weighted by Crippen LogP contribution is 2.26. The van der Waals surface area contributed by atoms with Crippen molar-refractivity contribution in [3.8, 4) is 0 Å². The largest absolute Gasteiger partial charge is 0.343 e. The topological polar surface area (TPSA) is 50.2 Å². The Balaban J connectivity index is 0.00000156. The highest BCUT2D eigenvalue weighted by molar-refractivity contribution is 5.85. The van der Waals surface area contributed by atoms with Gasteiger partial charge in [0.25, 0.3) is 0 Å². The lowest BCUT2D eigenvalue weighted by Gasteiger charge is -2.34. The van der Waals surface area contributed by atoms with Gasteiger partial charge < -0.3 is 10.2 Å². The third-order valence-electron chi connectivity index (χ3n) is 5.66. The van der Waals surface area contributed by atoms with E-state index in [2.05, 4.69) is 22.2 Å². The molecule has 7 heteroatoms.